The van der Waals surface area contributed by atoms with Gasteiger partial charge in [0, 0.05) is 27.5 Å². The van der Waals surface area contributed by atoms with Crippen molar-refractivity contribution in [2.75, 3.05) is 0 Å². The number of furan rings is 1. The van der Waals surface area contributed by atoms with Crippen molar-refractivity contribution in [1.82, 2.24) is 9.97 Å². The van der Waals surface area contributed by atoms with E-state index < -0.39 is 0 Å². The fraction of sp³-hybridized carbons (Fsp3) is 0. The zero-order valence-corrected chi connectivity index (χ0v) is 31.9. The summed E-state index contributed by atoms with van der Waals surface area (Å²) in [6, 6.07) is 73.5. The number of para-hydroxylation sites is 1. The van der Waals surface area contributed by atoms with Crippen LogP contribution >= 0.6 is 0 Å². The van der Waals surface area contributed by atoms with E-state index in [4.69, 9.17) is 14.4 Å². The van der Waals surface area contributed by atoms with Crippen molar-refractivity contribution in [1.29, 1.82) is 0 Å². The van der Waals surface area contributed by atoms with Gasteiger partial charge in [0.1, 0.15) is 11.2 Å². The highest BCUT2D eigenvalue weighted by Gasteiger charge is 2.22. The Morgan fingerprint density at radius 1 is 0.271 bits per heavy atom. The molecule has 0 bridgehead atoms. The third-order valence-corrected chi connectivity index (χ3v) is 11.8. The number of benzene rings is 9. The molecule has 0 aliphatic heterocycles. The third kappa shape index (κ3) is 5.59. The average molecular weight is 751 g/mol. The van der Waals surface area contributed by atoms with Gasteiger partial charge in [-0.2, -0.15) is 0 Å². The van der Waals surface area contributed by atoms with Gasteiger partial charge >= 0.3 is 0 Å². The summed E-state index contributed by atoms with van der Waals surface area (Å²) in [7, 11) is 0. The monoisotopic (exact) mass is 750 g/mol. The maximum atomic E-state index is 6.25. The number of aromatic nitrogens is 2. The first-order valence-corrected chi connectivity index (χ1v) is 20.1. The molecule has 1 aliphatic rings. The number of hydrogen-bond donors (Lipinski definition) is 0. The van der Waals surface area contributed by atoms with Gasteiger partial charge < -0.3 is 4.42 Å². The van der Waals surface area contributed by atoms with E-state index in [9.17, 15) is 0 Å². The summed E-state index contributed by atoms with van der Waals surface area (Å²) < 4.78 is 6.25. The van der Waals surface area contributed by atoms with Crippen LogP contribution in [0, 0.1) is 0 Å². The first-order chi connectivity index (χ1) is 29.2. The molecule has 3 nitrogen and oxygen atoms in total. The van der Waals surface area contributed by atoms with Crippen molar-refractivity contribution in [2.45, 2.75) is 0 Å². The molecule has 2 aromatic heterocycles. The molecule has 2 heterocycles. The summed E-state index contributed by atoms with van der Waals surface area (Å²) in [5.74, 6) is 0.691. The van der Waals surface area contributed by atoms with Gasteiger partial charge in [-0.3, -0.25) is 0 Å². The van der Waals surface area contributed by atoms with E-state index >= 15 is 0 Å². The van der Waals surface area contributed by atoms with E-state index in [0.717, 1.165) is 72.3 Å². The molecule has 274 valence electrons. The maximum absolute atomic E-state index is 6.25. The third-order valence-electron chi connectivity index (χ3n) is 11.8. The summed E-state index contributed by atoms with van der Waals surface area (Å²) in [5.41, 5.74) is 18.6. The van der Waals surface area contributed by atoms with Crippen LogP contribution in [0.2, 0.25) is 0 Å². The molecule has 0 spiro atoms. The van der Waals surface area contributed by atoms with Crippen molar-refractivity contribution < 1.29 is 4.42 Å². The fourth-order valence-electron chi connectivity index (χ4n) is 9.01. The van der Waals surface area contributed by atoms with E-state index in [1.807, 2.05) is 36.4 Å². The Hall–Kier alpha value is -7.88. The van der Waals surface area contributed by atoms with Crippen LogP contribution in [-0.4, -0.2) is 9.97 Å². The zero-order valence-electron chi connectivity index (χ0n) is 31.9. The average Bonchev–Trinajstić information content (AvgIpc) is 3.85. The van der Waals surface area contributed by atoms with Crippen molar-refractivity contribution in [3.63, 3.8) is 0 Å². The minimum atomic E-state index is 0.691. The quantitative estimate of drug-likeness (QED) is 0.170. The molecule has 1 aliphatic carbocycles. The Labute approximate surface area is 341 Å². The number of fused-ring (bicyclic) bond motifs is 6. The Balaban J connectivity index is 1.06. The van der Waals surface area contributed by atoms with Gasteiger partial charge in [0.2, 0.25) is 0 Å². The fourth-order valence-corrected chi connectivity index (χ4v) is 9.01. The van der Waals surface area contributed by atoms with Crippen LogP contribution in [0.5, 0.6) is 0 Å². The lowest BCUT2D eigenvalue weighted by Crippen LogP contribution is -1.96. The lowest BCUT2D eigenvalue weighted by atomic mass is 9.91. The van der Waals surface area contributed by atoms with Crippen LogP contribution in [0.1, 0.15) is 0 Å². The van der Waals surface area contributed by atoms with Gasteiger partial charge in [-0.1, -0.05) is 158 Å². The standard InChI is InChI=1S/C56H34N2O/c1-3-13-35(14-4-1)51-34-52(58-56(57-51)36-15-5-2-6-16-36)42-31-40(30-41(32-42)38-25-28-54-50(33-38)46-21-9-10-24-53(46)59-54)37-17-11-18-39(29-37)43-26-27-49-45-20-8-7-19-44(45)48-23-12-22-47(43)55(48)49/h1-34H. The molecule has 0 fully saturated rings. The number of nitrogens with zero attached hydrogens (tertiary/aromatic N) is 2. The highest BCUT2D eigenvalue weighted by Crippen LogP contribution is 2.49. The molecule has 12 rings (SSSR count). The molecule has 0 N–H and O–H groups in total. The first-order valence-electron chi connectivity index (χ1n) is 20.1. The van der Waals surface area contributed by atoms with E-state index in [-0.39, 0.29) is 0 Å². The lowest BCUT2D eigenvalue weighted by molar-refractivity contribution is 0.669. The topological polar surface area (TPSA) is 38.9 Å². The second-order valence-corrected chi connectivity index (χ2v) is 15.3. The van der Waals surface area contributed by atoms with Crippen molar-refractivity contribution in [3.05, 3.63) is 206 Å². The van der Waals surface area contributed by atoms with Gasteiger partial charge in [-0.05, 0) is 115 Å². The minimum absolute atomic E-state index is 0.691. The van der Waals surface area contributed by atoms with Crippen LogP contribution in [0.25, 0.3) is 122 Å². The maximum Gasteiger partial charge on any atom is 0.160 e. The summed E-state index contributed by atoms with van der Waals surface area (Å²) in [6.45, 7) is 0. The lowest BCUT2D eigenvalue weighted by Gasteiger charge is -2.14. The highest BCUT2D eigenvalue weighted by atomic mass is 16.3. The molecule has 59 heavy (non-hydrogen) atoms. The Morgan fingerprint density at radius 2 is 0.797 bits per heavy atom. The summed E-state index contributed by atoms with van der Waals surface area (Å²) >= 11 is 0. The Bertz CT molecular complexity index is 3350. The predicted molar refractivity (Wildman–Crippen MR) is 244 cm³/mol. The molecule has 0 radical (unpaired) electrons. The van der Waals surface area contributed by atoms with Crippen LogP contribution < -0.4 is 0 Å². The molecule has 9 aromatic carbocycles. The van der Waals surface area contributed by atoms with Gasteiger partial charge in [0.25, 0.3) is 0 Å². The predicted octanol–water partition coefficient (Wildman–Crippen LogP) is 15.2. The van der Waals surface area contributed by atoms with Crippen LogP contribution in [0.3, 0.4) is 0 Å². The van der Waals surface area contributed by atoms with Crippen molar-refractivity contribution in [3.8, 4) is 89.5 Å². The smallest absolute Gasteiger partial charge is 0.160 e. The normalized spacial score (nSPS) is 11.7. The van der Waals surface area contributed by atoms with Crippen LogP contribution in [-0.2, 0) is 0 Å². The SMILES string of the molecule is c1ccc(-c2cc(-c3cc(-c4cccc(-c5ccc6c7c(cccc57)-c5ccccc5-6)c4)cc(-c4ccc5oc6ccccc6c5c4)c3)nc(-c3ccccc3)n2)cc1. The largest absolute Gasteiger partial charge is 0.456 e. The number of rotatable bonds is 6. The molecule has 11 aromatic rings. The second-order valence-electron chi connectivity index (χ2n) is 15.3. The zero-order chi connectivity index (χ0) is 38.9. The van der Waals surface area contributed by atoms with Gasteiger partial charge in [0.15, 0.2) is 5.82 Å². The number of hydrogen-bond acceptors (Lipinski definition) is 3. The molecule has 0 saturated carbocycles. The minimum Gasteiger partial charge on any atom is -0.456 e. The van der Waals surface area contributed by atoms with E-state index in [1.165, 1.54) is 44.2 Å². The van der Waals surface area contributed by atoms with Gasteiger partial charge in [-0.15, -0.1) is 0 Å². The van der Waals surface area contributed by atoms with Crippen LogP contribution in [0.15, 0.2) is 211 Å². The van der Waals surface area contributed by atoms with E-state index in [2.05, 4.69) is 170 Å². The summed E-state index contributed by atoms with van der Waals surface area (Å²) in [5, 5.41) is 4.81. The first kappa shape index (κ1) is 33.3. The molecule has 0 unspecified atom stereocenters. The Morgan fingerprint density at radius 3 is 1.59 bits per heavy atom. The van der Waals surface area contributed by atoms with Crippen LogP contribution in [0.4, 0.5) is 0 Å². The Kier molecular flexibility index (Phi) is 7.54. The molecule has 0 saturated heterocycles. The van der Waals surface area contributed by atoms with Gasteiger partial charge in [-0.25, -0.2) is 9.97 Å². The summed E-state index contributed by atoms with van der Waals surface area (Å²) in [4.78, 5) is 10.4. The van der Waals surface area contributed by atoms with E-state index in [1.54, 1.807) is 0 Å². The van der Waals surface area contributed by atoms with Crippen molar-refractivity contribution in [2.24, 2.45) is 0 Å². The molecule has 0 atom stereocenters. The molecule has 0 amide bonds. The van der Waals surface area contributed by atoms with Crippen molar-refractivity contribution >= 4 is 32.7 Å². The molecular formula is C56H34N2O. The molecular weight excluding hydrogens is 717 g/mol. The van der Waals surface area contributed by atoms with Gasteiger partial charge in [0.05, 0.1) is 11.4 Å². The summed E-state index contributed by atoms with van der Waals surface area (Å²) in [6.07, 6.45) is 0. The molecule has 3 heteroatoms. The second kappa shape index (κ2) is 13.4. The highest BCUT2D eigenvalue weighted by molar-refractivity contribution is 6.18. The van der Waals surface area contributed by atoms with E-state index in [0.29, 0.717) is 5.82 Å².